The molecule has 1 aliphatic heterocycles. The highest BCUT2D eigenvalue weighted by Gasteiger charge is 2.33. The first-order valence-corrected chi connectivity index (χ1v) is 6.80. The van der Waals surface area contributed by atoms with Crippen molar-refractivity contribution in [3.05, 3.63) is 51.4 Å². The van der Waals surface area contributed by atoms with Gasteiger partial charge in [-0.3, -0.25) is 10.1 Å². The Morgan fingerprint density at radius 3 is 3.06 bits per heavy atom. The molecule has 1 aromatic heterocycles. The molecule has 0 aliphatic carbocycles. The van der Waals surface area contributed by atoms with E-state index in [1.165, 1.54) is 11.8 Å². The minimum absolute atomic E-state index is 0.279. The number of aromatic nitrogens is 1. The standard InChI is InChI=1S/C11H12ClN3O2S/c1-8-4-5-18-11(15(16)17)14(8)7-9-2-3-10(12)13-6-9/h2-3,6,11H,1,4-5,7H2. The van der Waals surface area contributed by atoms with Gasteiger partial charge in [-0.15, -0.1) is 0 Å². The Bertz CT molecular complexity index is 466. The normalized spacial score (nSPS) is 19.9. The predicted octanol–water partition coefficient (Wildman–Crippen LogP) is 2.75. The van der Waals surface area contributed by atoms with Crippen LogP contribution in [0.1, 0.15) is 12.0 Å². The molecule has 1 atom stereocenters. The fraction of sp³-hybridized carbons (Fsp3) is 0.364. The summed E-state index contributed by atoms with van der Waals surface area (Å²) in [5, 5.41) is 11.4. The second-order valence-electron chi connectivity index (χ2n) is 3.92. The zero-order valence-electron chi connectivity index (χ0n) is 9.58. The Labute approximate surface area is 114 Å². The largest absolute Gasteiger partial charge is 0.335 e. The van der Waals surface area contributed by atoms with Crippen LogP contribution in [-0.4, -0.2) is 26.1 Å². The number of nitrogens with zero attached hydrogens (tertiary/aromatic N) is 3. The number of pyridine rings is 1. The maximum absolute atomic E-state index is 11.0. The summed E-state index contributed by atoms with van der Waals surface area (Å²) in [5.41, 5.74) is 0.919. The summed E-state index contributed by atoms with van der Waals surface area (Å²) in [6, 6.07) is 3.50. The van der Waals surface area contributed by atoms with Gasteiger partial charge in [0.15, 0.2) is 0 Å². The van der Waals surface area contributed by atoms with Gasteiger partial charge in [0.2, 0.25) is 0 Å². The van der Waals surface area contributed by atoms with E-state index in [4.69, 9.17) is 11.6 Å². The first-order chi connectivity index (χ1) is 8.58. The number of nitro groups is 1. The van der Waals surface area contributed by atoms with Crippen LogP contribution < -0.4 is 0 Å². The van der Waals surface area contributed by atoms with Crippen LogP contribution >= 0.6 is 23.4 Å². The molecule has 1 aromatic rings. The van der Waals surface area contributed by atoms with Crippen LogP contribution in [0, 0.1) is 10.1 Å². The molecule has 0 spiro atoms. The van der Waals surface area contributed by atoms with Gasteiger partial charge >= 0.3 is 5.50 Å². The average Bonchev–Trinajstić information content (AvgIpc) is 2.34. The second-order valence-corrected chi connectivity index (χ2v) is 5.47. The summed E-state index contributed by atoms with van der Waals surface area (Å²) < 4.78 is 0. The number of halogens is 1. The fourth-order valence-electron chi connectivity index (χ4n) is 1.73. The highest BCUT2D eigenvalue weighted by atomic mass is 35.5. The monoisotopic (exact) mass is 285 g/mol. The van der Waals surface area contributed by atoms with E-state index in [1.807, 2.05) is 6.07 Å². The summed E-state index contributed by atoms with van der Waals surface area (Å²) in [6.45, 7) is 4.34. The molecule has 0 radical (unpaired) electrons. The molecular weight excluding hydrogens is 274 g/mol. The third-order valence-corrected chi connectivity index (χ3v) is 4.04. The molecule has 2 heterocycles. The first-order valence-electron chi connectivity index (χ1n) is 5.38. The van der Waals surface area contributed by atoms with Crippen LogP contribution in [-0.2, 0) is 6.54 Å². The van der Waals surface area contributed by atoms with Gasteiger partial charge in [-0.2, -0.15) is 0 Å². The van der Waals surface area contributed by atoms with E-state index in [9.17, 15) is 10.1 Å². The highest BCUT2D eigenvalue weighted by molar-refractivity contribution is 7.99. The molecule has 0 bridgehead atoms. The lowest BCUT2D eigenvalue weighted by Crippen LogP contribution is -2.40. The molecule has 2 rings (SSSR count). The molecule has 0 aromatic carbocycles. The van der Waals surface area contributed by atoms with Crippen LogP contribution in [0.25, 0.3) is 0 Å². The molecule has 1 saturated heterocycles. The number of hydrogen-bond donors (Lipinski definition) is 0. The lowest BCUT2D eigenvalue weighted by Gasteiger charge is -2.32. The van der Waals surface area contributed by atoms with Crippen LogP contribution in [0.5, 0.6) is 0 Å². The summed E-state index contributed by atoms with van der Waals surface area (Å²) in [7, 11) is 0. The Balaban J connectivity index is 2.15. The third-order valence-electron chi connectivity index (χ3n) is 2.65. The van der Waals surface area contributed by atoms with Crippen molar-refractivity contribution >= 4 is 23.4 Å². The Morgan fingerprint density at radius 1 is 1.67 bits per heavy atom. The van der Waals surface area contributed by atoms with Crippen molar-refractivity contribution < 1.29 is 4.92 Å². The first kappa shape index (κ1) is 13.2. The van der Waals surface area contributed by atoms with Gasteiger partial charge in [-0.1, -0.05) is 36.0 Å². The van der Waals surface area contributed by atoms with E-state index in [0.717, 1.165) is 23.4 Å². The van der Waals surface area contributed by atoms with Gasteiger partial charge in [0.25, 0.3) is 0 Å². The van der Waals surface area contributed by atoms with Crippen molar-refractivity contribution in [2.75, 3.05) is 5.75 Å². The maximum Gasteiger partial charge on any atom is 0.335 e. The Hall–Kier alpha value is -1.27. The van der Waals surface area contributed by atoms with Crippen molar-refractivity contribution in [1.82, 2.24) is 9.88 Å². The molecule has 0 amide bonds. The van der Waals surface area contributed by atoms with E-state index in [2.05, 4.69) is 11.6 Å². The fourth-order valence-corrected chi connectivity index (χ4v) is 2.93. The van der Waals surface area contributed by atoms with E-state index >= 15 is 0 Å². The van der Waals surface area contributed by atoms with E-state index in [1.54, 1.807) is 17.2 Å². The van der Waals surface area contributed by atoms with E-state index in [-0.39, 0.29) is 4.92 Å². The predicted molar refractivity (Wildman–Crippen MR) is 71.8 cm³/mol. The van der Waals surface area contributed by atoms with Gasteiger partial charge < -0.3 is 4.90 Å². The van der Waals surface area contributed by atoms with Crippen molar-refractivity contribution in [3.8, 4) is 0 Å². The van der Waals surface area contributed by atoms with Gasteiger partial charge in [0, 0.05) is 17.6 Å². The number of thioether (sulfide) groups is 1. The van der Waals surface area contributed by atoms with Crippen molar-refractivity contribution in [3.63, 3.8) is 0 Å². The van der Waals surface area contributed by atoms with Crippen LogP contribution in [0.2, 0.25) is 5.15 Å². The molecule has 1 aliphatic rings. The van der Waals surface area contributed by atoms with Gasteiger partial charge in [0.1, 0.15) is 5.15 Å². The minimum atomic E-state index is -0.762. The number of rotatable bonds is 3. The zero-order valence-corrected chi connectivity index (χ0v) is 11.2. The van der Waals surface area contributed by atoms with E-state index in [0.29, 0.717) is 11.7 Å². The maximum atomic E-state index is 11.0. The van der Waals surface area contributed by atoms with Crippen LogP contribution in [0.15, 0.2) is 30.6 Å². The van der Waals surface area contributed by atoms with Crippen molar-refractivity contribution in [2.24, 2.45) is 0 Å². The SMILES string of the molecule is C=C1CCSC([N+](=O)[O-])N1Cc1ccc(Cl)nc1. The second kappa shape index (κ2) is 5.58. The summed E-state index contributed by atoms with van der Waals surface area (Å²) in [6.07, 6.45) is 2.40. The molecule has 0 saturated carbocycles. The minimum Gasteiger partial charge on any atom is -0.301 e. The Morgan fingerprint density at radius 2 is 2.44 bits per heavy atom. The quantitative estimate of drug-likeness (QED) is 0.485. The number of hydrogen-bond acceptors (Lipinski definition) is 5. The zero-order chi connectivity index (χ0) is 13.1. The van der Waals surface area contributed by atoms with E-state index < -0.39 is 5.50 Å². The summed E-state index contributed by atoms with van der Waals surface area (Å²) >= 11 is 7.03. The van der Waals surface area contributed by atoms with Gasteiger partial charge in [-0.25, -0.2) is 4.98 Å². The molecule has 0 N–H and O–H groups in total. The lowest BCUT2D eigenvalue weighted by molar-refractivity contribution is -0.520. The molecule has 7 heteroatoms. The smallest absolute Gasteiger partial charge is 0.301 e. The lowest BCUT2D eigenvalue weighted by atomic mass is 10.2. The summed E-state index contributed by atoms with van der Waals surface area (Å²) in [4.78, 5) is 16.4. The van der Waals surface area contributed by atoms with Crippen LogP contribution in [0.4, 0.5) is 0 Å². The van der Waals surface area contributed by atoms with Gasteiger partial charge in [-0.05, 0) is 18.1 Å². The Kier molecular flexibility index (Phi) is 4.08. The topological polar surface area (TPSA) is 59.3 Å². The average molecular weight is 286 g/mol. The third kappa shape index (κ3) is 2.94. The molecule has 1 fully saturated rings. The molecule has 18 heavy (non-hydrogen) atoms. The van der Waals surface area contributed by atoms with Crippen molar-refractivity contribution in [1.29, 1.82) is 0 Å². The molecule has 96 valence electrons. The molecular formula is C11H12ClN3O2S. The summed E-state index contributed by atoms with van der Waals surface area (Å²) in [5.74, 6) is 0.736. The molecule has 5 nitrogen and oxygen atoms in total. The molecule has 1 unspecified atom stereocenters. The van der Waals surface area contributed by atoms with Crippen molar-refractivity contribution in [2.45, 2.75) is 18.5 Å². The highest BCUT2D eigenvalue weighted by Crippen LogP contribution is 2.30. The number of allylic oxidation sites excluding steroid dienone is 1. The van der Waals surface area contributed by atoms with Gasteiger partial charge in [0.05, 0.1) is 11.5 Å². The van der Waals surface area contributed by atoms with Crippen LogP contribution in [0.3, 0.4) is 0 Å².